The van der Waals surface area contributed by atoms with Crippen molar-refractivity contribution in [2.45, 2.75) is 37.4 Å². The highest BCUT2D eigenvalue weighted by molar-refractivity contribution is 5.49. The minimum absolute atomic E-state index is 0.183. The lowest BCUT2D eigenvalue weighted by atomic mass is 9.80. The molecule has 0 amide bonds. The van der Waals surface area contributed by atoms with Crippen LogP contribution in [0.5, 0.6) is 11.5 Å². The Hall–Kier alpha value is -3.36. The Bertz CT molecular complexity index is 1160. The van der Waals surface area contributed by atoms with E-state index in [0.717, 1.165) is 33.8 Å². The van der Waals surface area contributed by atoms with Crippen LogP contribution in [0, 0.1) is 0 Å². The largest absolute Gasteiger partial charge is 0.497 e. The Balaban J connectivity index is 1.51. The molecule has 2 heterocycles. The third-order valence-electron chi connectivity index (χ3n) is 7.17. The average Bonchev–Trinajstić information content (AvgIpc) is 3.35. The second-order valence-corrected chi connectivity index (χ2v) is 9.71. The monoisotopic (exact) mass is 517 g/mol. The first-order valence-electron chi connectivity index (χ1n) is 12.9. The molecule has 200 valence electrons. The maximum atomic E-state index is 11.0. The first kappa shape index (κ1) is 26.3. The lowest BCUT2D eigenvalue weighted by molar-refractivity contribution is -0.120. The van der Waals surface area contributed by atoms with Gasteiger partial charge in [0.15, 0.2) is 0 Å². The fourth-order valence-electron chi connectivity index (χ4n) is 5.19. The van der Waals surface area contributed by atoms with Gasteiger partial charge in [0.05, 0.1) is 33.5 Å². The van der Waals surface area contributed by atoms with Crippen molar-refractivity contribution in [3.8, 4) is 11.5 Å². The van der Waals surface area contributed by atoms with Gasteiger partial charge < -0.3 is 33.7 Å². The average molecular weight is 518 g/mol. The van der Waals surface area contributed by atoms with Gasteiger partial charge in [-0.05, 0) is 53.5 Å². The van der Waals surface area contributed by atoms with Crippen LogP contribution >= 0.6 is 0 Å². The zero-order chi connectivity index (χ0) is 26.5. The molecule has 0 aromatic heterocycles. The predicted molar refractivity (Wildman–Crippen MR) is 144 cm³/mol. The van der Waals surface area contributed by atoms with E-state index in [2.05, 4.69) is 12.1 Å². The van der Waals surface area contributed by atoms with E-state index >= 15 is 0 Å². The van der Waals surface area contributed by atoms with E-state index in [9.17, 15) is 5.11 Å². The van der Waals surface area contributed by atoms with Crippen LogP contribution in [0.1, 0.15) is 30.0 Å². The summed E-state index contributed by atoms with van der Waals surface area (Å²) < 4.78 is 29.7. The van der Waals surface area contributed by atoms with Crippen LogP contribution in [0.2, 0.25) is 0 Å². The first-order chi connectivity index (χ1) is 18.5. The minimum Gasteiger partial charge on any atom is -0.497 e. The van der Waals surface area contributed by atoms with Gasteiger partial charge in [0.1, 0.15) is 36.2 Å². The molecule has 3 aromatic carbocycles. The van der Waals surface area contributed by atoms with Crippen molar-refractivity contribution in [1.82, 2.24) is 4.90 Å². The lowest BCUT2D eigenvalue weighted by Crippen LogP contribution is -2.39. The van der Waals surface area contributed by atoms with Crippen molar-refractivity contribution in [2.75, 3.05) is 34.2 Å². The van der Waals surface area contributed by atoms with Gasteiger partial charge >= 0.3 is 0 Å². The smallest absolute Gasteiger partial charge is 0.143 e. The molecule has 2 aliphatic rings. The maximum Gasteiger partial charge on any atom is 0.143 e. The quantitative estimate of drug-likeness (QED) is 0.413. The summed E-state index contributed by atoms with van der Waals surface area (Å²) in [5.74, 6) is 1.52. The molecule has 5 rings (SSSR count). The Morgan fingerprint density at radius 2 is 1.45 bits per heavy atom. The number of methoxy groups -OCH3 is 2. The molecule has 0 spiro atoms. The SMILES string of the molecule is COc1ccc(C(OC[C@H]2O[C@@H](N3C=C(C)COC3)C[C@H]2O)(c2ccccc2)c2ccc(OC)cc2)cc1. The van der Waals surface area contributed by atoms with E-state index in [1.807, 2.05) is 84.8 Å². The molecule has 0 bridgehead atoms. The third kappa shape index (κ3) is 5.28. The molecule has 0 saturated carbocycles. The fourth-order valence-corrected chi connectivity index (χ4v) is 5.19. The molecule has 2 aliphatic heterocycles. The standard InChI is InChI=1S/C31H35NO6/c1-22-18-32(21-36-19-22)30-17-28(33)29(38-30)20-37-31(23-7-5-4-6-8-23,24-9-13-26(34-2)14-10-24)25-11-15-27(35-3)16-12-25/h4-16,18,28-30,33H,17,19-21H2,1-3H3/t28-,29-,30-/m1/s1. The second kappa shape index (κ2) is 11.6. The molecule has 0 unspecified atom stereocenters. The molecule has 3 atom stereocenters. The zero-order valence-corrected chi connectivity index (χ0v) is 22.1. The highest BCUT2D eigenvalue weighted by atomic mass is 16.6. The van der Waals surface area contributed by atoms with E-state index in [-0.39, 0.29) is 12.8 Å². The van der Waals surface area contributed by atoms with Gasteiger partial charge in [-0.2, -0.15) is 0 Å². The summed E-state index contributed by atoms with van der Waals surface area (Å²) in [5.41, 5.74) is 2.98. The number of aliphatic hydroxyl groups excluding tert-OH is 1. The summed E-state index contributed by atoms with van der Waals surface area (Å²) in [7, 11) is 3.30. The van der Waals surface area contributed by atoms with Gasteiger partial charge in [-0.15, -0.1) is 0 Å². The molecule has 1 N–H and O–H groups in total. The van der Waals surface area contributed by atoms with Crippen molar-refractivity contribution in [3.05, 3.63) is 107 Å². The van der Waals surface area contributed by atoms with Gasteiger partial charge in [0.25, 0.3) is 0 Å². The molecule has 0 aliphatic carbocycles. The number of hydrogen-bond acceptors (Lipinski definition) is 7. The Morgan fingerprint density at radius 1 is 0.868 bits per heavy atom. The number of ether oxygens (including phenoxy) is 5. The molecule has 0 radical (unpaired) electrons. The maximum absolute atomic E-state index is 11.0. The Labute approximate surface area is 224 Å². The molecular formula is C31H35NO6. The summed E-state index contributed by atoms with van der Waals surface area (Å²) in [6.07, 6.45) is 1.07. The van der Waals surface area contributed by atoms with Crippen molar-refractivity contribution in [2.24, 2.45) is 0 Å². The zero-order valence-electron chi connectivity index (χ0n) is 22.1. The molecule has 7 nitrogen and oxygen atoms in total. The van der Waals surface area contributed by atoms with Crippen LogP contribution in [0.3, 0.4) is 0 Å². The Kier molecular flexibility index (Phi) is 8.00. The summed E-state index contributed by atoms with van der Waals surface area (Å²) >= 11 is 0. The molecule has 7 heteroatoms. The fraction of sp³-hybridized carbons (Fsp3) is 0.355. The van der Waals surface area contributed by atoms with Crippen LogP contribution in [0.25, 0.3) is 0 Å². The highest BCUT2D eigenvalue weighted by Gasteiger charge is 2.42. The molecule has 3 aromatic rings. The molecular weight excluding hydrogens is 482 g/mol. The van der Waals surface area contributed by atoms with Gasteiger partial charge in [-0.25, -0.2) is 0 Å². The van der Waals surface area contributed by atoms with Crippen molar-refractivity contribution >= 4 is 0 Å². The number of benzene rings is 3. The van der Waals surface area contributed by atoms with Crippen LogP contribution in [-0.4, -0.2) is 62.6 Å². The molecule has 1 saturated heterocycles. The number of hydrogen-bond donors (Lipinski definition) is 1. The van der Waals surface area contributed by atoms with Crippen LogP contribution in [-0.2, 0) is 19.8 Å². The van der Waals surface area contributed by atoms with E-state index in [0.29, 0.717) is 19.8 Å². The van der Waals surface area contributed by atoms with Crippen molar-refractivity contribution in [3.63, 3.8) is 0 Å². The van der Waals surface area contributed by atoms with Crippen LogP contribution < -0.4 is 9.47 Å². The van der Waals surface area contributed by atoms with Gasteiger partial charge in [-0.1, -0.05) is 54.6 Å². The minimum atomic E-state index is -0.967. The van der Waals surface area contributed by atoms with Gasteiger partial charge in [0, 0.05) is 12.6 Å². The summed E-state index contributed by atoms with van der Waals surface area (Å²) in [6.45, 7) is 3.26. The van der Waals surface area contributed by atoms with Crippen molar-refractivity contribution < 1.29 is 28.8 Å². The first-order valence-corrected chi connectivity index (χ1v) is 12.9. The second-order valence-electron chi connectivity index (χ2n) is 9.71. The van der Waals surface area contributed by atoms with Gasteiger partial charge in [0.2, 0.25) is 0 Å². The van der Waals surface area contributed by atoms with E-state index in [1.54, 1.807) is 14.2 Å². The summed E-state index contributed by atoms with van der Waals surface area (Å²) in [4.78, 5) is 2.00. The lowest BCUT2D eigenvalue weighted by Gasteiger charge is -2.37. The van der Waals surface area contributed by atoms with E-state index < -0.39 is 17.8 Å². The molecule has 1 fully saturated rings. The van der Waals surface area contributed by atoms with E-state index in [1.165, 1.54) is 0 Å². The number of aliphatic hydroxyl groups is 1. The topological polar surface area (TPSA) is 69.6 Å². The number of nitrogens with zero attached hydrogens (tertiary/aromatic N) is 1. The molecule has 38 heavy (non-hydrogen) atoms. The predicted octanol–water partition coefficient (Wildman–Crippen LogP) is 4.68. The summed E-state index contributed by atoms with van der Waals surface area (Å²) in [5, 5.41) is 11.0. The van der Waals surface area contributed by atoms with E-state index in [4.69, 9.17) is 23.7 Å². The Morgan fingerprint density at radius 3 is 2.00 bits per heavy atom. The van der Waals surface area contributed by atoms with Crippen LogP contribution in [0.15, 0.2) is 90.6 Å². The normalized spacial score (nSPS) is 21.7. The third-order valence-corrected chi connectivity index (χ3v) is 7.17. The summed E-state index contributed by atoms with van der Waals surface area (Å²) in [6, 6.07) is 25.9. The van der Waals surface area contributed by atoms with Gasteiger partial charge in [-0.3, -0.25) is 0 Å². The van der Waals surface area contributed by atoms with Crippen molar-refractivity contribution in [1.29, 1.82) is 0 Å². The highest BCUT2D eigenvalue weighted by Crippen LogP contribution is 2.42. The number of rotatable bonds is 9. The van der Waals surface area contributed by atoms with Crippen LogP contribution in [0.4, 0.5) is 0 Å².